The number of hydrogen-bond acceptors (Lipinski definition) is 1. The highest BCUT2D eigenvalue weighted by atomic mass is 79.9. The van der Waals surface area contributed by atoms with Crippen molar-refractivity contribution in [2.45, 2.75) is 0 Å². The highest BCUT2D eigenvalue weighted by molar-refractivity contribution is 9.10. The van der Waals surface area contributed by atoms with E-state index >= 15 is 0 Å². The zero-order chi connectivity index (χ0) is 12.4. The molecule has 0 aliphatic heterocycles. The number of hydrogen-bond donors (Lipinski definition) is 0. The molecule has 0 aliphatic carbocycles. The van der Waals surface area contributed by atoms with Crippen LogP contribution in [0, 0.1) is 0 Å². The molecule has 0 aromatic heterocycles. The Kier molecular flexibility index (Phi) is 3.87. The largest absolute Gasteiger partial charge is 0.289 e. The van der Waals surface area contributed by atoms with Crippen molar-refractivity contribution in [2.75, 3.05) is 0 Å². The minimum Gasteiger partial charge on any atom is -0.289 e. The molecular weight excluding hydrogens is 323 g/mol. The van der Waals surface area contributed by atoms with Gasteiger partial charge in [-0.2, -0.15) is 0 Å². The van der Waals surface area contributed by atoms with Crippen LogP contribution in [-0.4, -0.2) is 5.78 Å². The van der Waals surface area contributed by atoms with Gasteiger partial charge in [0.2, 0.25) is 0 Å². The zero-order valence-electron chi connectivity index (χ0n) is 8.58. The fraction of sp³-hybridized carbons (Fsp3) is 0. The summed E-state index contributed by atoms with van der Waals surface area (Å²) in [6.45, 7) is 0. The van der Waals surface area contributed by atoms with Crippen LogP contribution in [0.25, 0.3) is 0 Å². The Morgan fingerprint density at radius 2 is 1.65 bits per heavy atom. The Labute approximate surface area is 117 Å². The van der Waals surface area contributed by atoms with E-state index < -0.39 is 0 Å². The van der Waals surface area contributed by atoms with E-state index in [2.05, 4.69) is 15.9 Å². The van der Waals surface area contributed by atoms with E-state index in [-0.39, 0.29) is 5.78 Å². The molecule has 0 atom stereocenters. The van der Waals surface area contributed by atoms with Gasteiger partial charge in [0.05, 0.1) is 10.0 Å². The number of halogens is 3. The van der Waals surface area contributed by atoms with Gasteiger partial charge in [0.1, 0.15) is 0 Å². The third kappa shape index (κ3) is 2.71. The summed E-state index contributed by atoms with van der Waals surface area (Å²) in [6.07, 6.45) is 0. The molecule has 0 spiro atoms. The molecule has 4 heteroatoms. The first-order chi connectivity index (χ1) is 8.09. The highest BCUT2D eigenvalue weighted by Gasteiger charge is 2.14. The number of ketones is 1. The van der Waals surface area contributed by atoms with Crippen LogP contribution >= 0.6 is 39.1 Å². The Morgan fingerprint density at radius 1 is 1.00 bits per heavy atom. The lowest BCUT2D eigenvalue weighted by molar-refractivity contribution is 0.103. The molecule has 2 aromatic rings. The quantitative estimate of drug-likeness (QED) is 0.560. The topological polar surface area (TPSA) is 17.1 Å². The van der Waals surface area contributed by atoms with Crippen molar-refractivity contribution in [1.82, 2.24) is 0 Å². The van der Waals surface area contributed by atoms with Crippen molar-refractivity contribution in [3.05, 3.63) is 68.1 Å². The van der Waals surface area contributed by atoms with Crippen LogP contribution in [0.3, 0.4) is 0 Å². The maximum absolute atomic E-state index is 12.2. The summed E-state index contributed by atoms with van der Waals surface area (Å²) in [4.78, 5) is 12.2. The summed E-state index contributed by atoms with van der Waals surface area (Å²) in [6, 6.07) is 12.2. The normalized spacial score (nSPS) is 10.3. The Balaban J connectivity index is 2.48. The van der Waals surface area contributed by atoms with Gasteiger partial charge in [-0.15, -0.1) is 0 Å². The molecule has 0 N–H and O–H groups in total. The maximum Gasteiger partial charge on any atom is 0.194 e. The smallest absolute Gasteiger partial charge is 0.194 e. The monoisotopic (exact) mass is 328 g/mol. The van der Waals surface area contributed by atoms with Gasteiger partial charge in [0, 0.05) is 15.6 Å². The average molecular weight is 330 g/mol. The molecular formula is C13H7BrCl2O. The first kappa shape index (κ1) is 12.6. The van der Waals surface area contributed by atoms with Gasteiger partial charge in [-0.05, 0) is 28.1 Å². The van der Waals surface area contributed by atoms with Crippen LogP contribution in [0.2, 0.25) is 10.0 Å². The Hall–Kier alpha value is -0.830. The SMILES string of the molecule is O=C(c1ccccc1)c1cc(Br)c(Cl)cc1Cl. The molecule has 0 saturated carbocycles. The minimum absolute atomic E-state index is 0.118. The summed E-state index contributed by atoms with van der Waals surface area (Å²) in [7, 11) is 0. The fourth-order valence-corrected chi connectivity index (χ4v) is 2.25. The van der Waals surface area contributed by atoms with Crippen LogP contribution in [-0.2, 0) is 0 Å². The van der Waals surface area contributed by atoms with E-state index in [0.717, 1.165) is 0 Å². The first-order valence-corrected chi connectivity index (χ1v) is 6.39. The van der Waals surface area contributed by atoms with Crippen LogP contribution in [0.1, 0.15) is 15.9 Å². The molecule has 86 valence electrons. The molecule has 0 saturated heterocycles. The van der Waals surface area contributed by atoms with E-state index in [1.807, 2.05) is 18.2 Å². The van der Waals surface area contributed by atoms with Crippen LogP contribution in [0.15, 0.2) is 46.9 Å². The predicted octanol–water partition coefficient (Wildman–Crippen LogP) is 4.99. The molecule has 0 heterocycles. The van der Waals surface area contributed by atoms with E-state index in [1.165, 1.54) is 0 Å². The first-order valence-electron chi connectivity index (χ1n) is 4.84. The van der Waals surface area contributed by atoms with E-state index in [9.17, 15) is 4.79 Å². The van der Waals surface area contributed by atoms with Gasteiger partial charge >= 0.3 is 0 Å². The molecule has 0 bridgehead atoms. The lowest BCUT2D eigenvalue weighted by Gasteiger charge is -2.05. The summed E-state index contributed by atoms with van der Waals surface area (Å²) in [5.41, 5.74) is 1.04. The van der Waals surface area contributed by atoms with Gasteiger partial charge in [-0.25, -0.2) is 0 Å². The molecule has 2 rings (SSSR count). The molecule has 1 nitrogen and oxygen atoms in total. The van der Waals surface area contributed by atoms with Crippen molar-refractivity contribution in [1.29, 1.82) is 0 Å². The van der Waals surface area contributed by atoms with Crippen molar-refractivity contribution in [3.8, 4) is 0 Å². The van der Waals surface area contributed by atoms with E-state index in [4.69, 9.17) is 23.2 Å². The summed E-state index contributed by atoms with van der Waals surface area (Å²) in [5.74, 6) is -0.118. The average Bonchev–Trinajstić information content (AvgIpc) is 2.34. The van der Waals surface area contributed by atoms with Crippen LogP contribution in [0.4, 0.5) is 0 Å². The summed E-state index contributed by atoms with van der Waals surface area (Å²) >= 11 is 15.2. The molecule has 0 unspecified atom stereocenters. The maximum atomic E-state index is 12.2. The van der Waals surface area contributed by atoms with Gasteiger partial charge in [0.15, 0.2) is 5.78 Å². The van der Waals surface area contributed by atoms with Gasteiger partial charge in [-0.3, -0.25) is 4.79 Å². The molecule has 0 radical (unpaired) electrons. The highest BCUT2D eigenvalue weighted by Crippen LogP contribution is 2.30. The molecule has 0 amide bonds. The fourth-order valence-electron chi connectivity index (χ4n) is 1.44. The second-order valence-corrected chi connectivity index (χ2v) is 5.11. The zero-order valence-corrected chi connectivity index (χ0v) is 11.7. The molecule has 2 aromatic carbocycles. The second-order valence-electron chi connectivity index (χ2n) is 3.44. The third-order valence-corrected chi connectivity index (χ3v) is 3.80. The van der Waals surface area contributed by atoms with Crippen molar-refractivity contribution in [2.24, 2.45) is 0 Å². The van der Waals surface area contributed by atoms with Crippen LogP contribution in [0.5, 0.6) is 0 Å². The lowest BCUT2D eigenvalue weighted by atomic mass is 10.0. The Bertz CT molecular complexity index is 567. The molecule has 0 aliphatic rings. The number of carbonyl (C=O) groups excluding carboxylic acids is 1. The lowest BCUT2D eigenvalue weighted by Crippen LogP contribution is -2.02. The number of carbonyl (C=O) groups is 1. The Morgan fingerprint density at radius 3 is 2.29 bits per heavy atom. The van der Waals surface area contributed by atoms with Gasteiger partial charge in [-0.1, -0.05) is 53.5 Å². The van der Waals surface area contributed by atoms with Crippen molar-refractivity contribution >= 4 is 44.9 Å². The number of benzene rings is 2. The number of rotatable bonds is 2. The minimum atomic E-state index is -0.118. The third-order valence-electron chi connectivity index (χ3n) is 2.29. The molecule has 17 heavy (non-hydrogen) atoms. The van der Waals surface area contributed by atoms with Gasteiger partial charge < -0.3 is 0 Å². The van der Waals surface area contributed by atoms with Crippen molar-refractivity contribution in [3.63, 3.8) is 0 Å². The van der Waals surface area contributed by atoms with Gasteiger partial charge in [0.25, 0.3) is 0 Å². The second kappa shape index (κ2) is 5.21. The summed E-state index contributed by atoms with van der Waals surface area (Å²) < 4.78 is 0.655. The van der Waals surface area contributed by atoms with Crippen LogP contribution < -0.4 is 0 Å². The predicted molar refractivity (Wildman–Crippen MR) is 74.0 cm³/mol. The van der Waals surface area contributed by atoms with Crippen molar-refractivity contribution < 1.29 is 4.79 Å². The summed E-state index contributed by atoms with van der Waals surface area (Å²) in [5, 5.41) is 0.840. The molecule has 0 fully saturated rings. The standard InChI is InChI=1S/C13H7BrCl2O/c14-10-6-9(11(15)7-12(10)16)13(17)8-4-2-1-3-5-8/h1-7H. The van der Waals surface area contributed by atoms with E-state index in [1.54, 1.807) is 24.3 Å². The van der Waals surface area contributed by atoms with E-state index in [0.29, 0.717) is 25.6 Å².